The highest BCUT2D eigenvalue weighted by Crippen LogP contribution is 2.13. The lowest BCUT2D eigenvalue weighted by Gasteiger charge is -2.12. The zero-order valence-corrected chi connectivity index (χ0v) is 9.08. The number of aromatic nitrogens is 1. The highest BCUT2D eigenvalue weighted by Gasteiger charge is 2.04. The van der Waals surface area contributed by atoms with Crippen molar-refractivity contribution in [1.29, 1.82) is 0 Å². The van der Waals surface area contributed by atoms with Crippen LogP contribution in [0, 0.1) is 0 Å². The Morgan fingerprint density at radius 1 is 1.57 bits per heavy atom. The molecule has 3 nitrogen and oxygen atoms in total. The summed E-state index contributed by atoms with van der Waals surface area (Å²) >= 11 is 0. The summed E-state index contributed by atoms with van der Waals surface area (Å²) in [6.45, 7) is 5.15. The van der Waals surface area contributed by atoms with Crippen molar-refractivity contribution in [3.8, 4) is 5.88 Å². The second kappa shape index (κ2) is 5.60. The molecule has 1 aromatic rings. The molecular formula is C11H18N2O. The van der Waals surface area contributed by atoms with E-state index in [1.54, 1.807) is 13.3 Å². The Hall–Kier alpha value is -1.09. The molecule has 0 saturated heterocycles. The Bertz CT molecular complexity index is 276. The topological polar surface area (TPSA) is 34.2 Å². The molecule has 1 N–H and O–H groups in total. The minimum absolute atomic E-state index is 0.528. The van der Waals surface area contributed by atoms with Gasteiger partial charge in [-0.3, -0.25) is 0 Å². The molecule has 0 aromatic carbocycles. The van der Waals surface area contributed by atoms with Gasteiger partial charge in [-0.25, -0.2) is 4.98 Å². The number of nitrogens with zero attached hydrogens (tertiary/aromatic N) is 1. The molecule has 0 aliphatic heterocycles. The normalized spacial score (nSPS) is 12.5. The lowest BCUT2D eigenvalue weighted by atomic mass is 10.2. The Morgan fingerprint density at radius 2 is 2.36 bits per heavy atom. The maximum Gasteiger partial charge on any atom is 0.217 e. The molecule has 14 heavy (non-hydrogen) atoms. The zero-order chi connectivity index (χ0) is 10.4. The van der Waals surface area contributed by atoms with Gasteiger partial charge >= 0.3 is 0 Å². The highest BCUT2D eigenvalue weighted by atomic mass is 16.5. The summed E-state index contributed by atoms with van der Waals surface area (Å²) in [5, 5.41) is 3.40. The molecule has 0 radical (unpaired) electrons. The van der Waals surface area contributed by atoms with Crippen LogP contribution in [0.1, 0.15) is 25.8 Å². The largest absolute Gasteiger partial charge is 0.481 e. The van der Waals surface area contributed by atoms with Crippen molar-refractivity contribution in [3.63, 3.8) is 0 Å². The summed E-state index contributed by atoms with van der Waals surface area (Å²) in [5.74, 6) is 0.711. The van der Waals surface area contributed by atoms with E-state index in [1.165, 1.54) is 0 Å². The van der Waals surface area contributed by atoms with Gasteiger partial charge in [0.05, 0.1) is 7.11 Å². The van der Waals surface area contributed by atoms with Crippen LogP contribution in [0.5, 0.6) is 5.88 Å². The first kappa shape index (κ1) is 11.0. The molecule has 0 saturated carbocycles. The Balaban J connectivity index is 2.57. The Kier molecular flexibility index (Phi) is 4.40. The van der Waals surface area contributed by atoms with Crippen LogP contribution >= 0.6 is 0 Å². The smallest absolute Gasteiger partial charge is 0.217 e. The molecule has 0 spiro atoms. The van der Waals surface area contributed by atoms with E-state index in [-0.39, 0.29) is 0 Å². The fraction of sp³-hybridized carbons (Fsp3) is 0.545. The monoisotopic (exact) mass is 194 g/mol. The van der Waals surface area contributed by atoms with E-state index in [4.69, 9.17) is 4.74 Å². The van der Waals surface area contributed by atoms with Crippen molar-refractivity contribution in [2.24, 2.45) is 0 Å². The molecule has 0 aliphatic rings. The first-order valence-corrected chi connectivity index (χ1v) is 4.99. The number of rotatable bonds is 5. The van der Waals surface area contributed by atoms with Crippen LogP contribution in [0.3, 0.4) is 0 Å². The van der Waals surface area contributed by atoms with E-state index in [9.17, 15) is 0 Å². The van der Waals surface area contributed by atoms with E-state index >= 15 is 0 Å². The average molecular weight is 194 g/mol. The quantitative estimate of drug-likeness (QED) is 0.778. The van der Waals surface area contributed by atoms with Gasteiger partial charge in [-0.2, -0.15) is 0 Å². The van der Waals surface area contributed by atoms with Gasteiger partial charge in [0.1, 0.15) is 0 Å². The molecule has 1 unspecified atom stereocenters. The van der Waals surface area contributed by atoms with Crippen LogP contribution in [-0.2, 0) is 6.54 Å². The molecule has 1 rings (SSSR count). The molecule has 0 amide bonds. The Labute approximate surface area is 85.5 Å². The minimum atomic E-state index is 0.528. The summed E-state index contributed by atoms with van der Waals surface area (Å²) in [5.41, 5.74) is 1.11. The molecule has 0 fully saturated rings. The fourth-order valence-corrected chi connectivity index (χ4v) is 1.17. The van der Waals surface area contributed by atoms with Gasteiger partial charge in [-0.15, -0.1) is 0 Å². The second-order valence-electron chi connectivity index (χ2n) is 3.36. The van der Waals surface area contributed by atoms with Crippen LogP contribution in [0.2, 0.25) is 0 Å². The van der Waals surface area contributed by atoms with Gasteiger partial charge in [0, 0.05) is 24.3 Å². The summed E-state index contributed by atoms with van der Waals surface area (Å²) in [6, 6.07) is 4.48. The minimum Gasteiger partial charge on any atom is -0.481 e. The first-order valence-electron chi connectivity index (χ1n) is 4.99. The maximum absolute atomic E-state index is 5.16. The number of methoxy groups -OCH3 is 1. The van der Waals surface area contributed by atoms with Crippen molar-refractivity contribution < 1.29 is 4.74 Å². The number of ether oxygens (including phenoxy) is 1. The number of hydrogen-bond acceptors (Lipinski definition) is 3. The van der Waals surface area contributed by atoms with E-state index in [1.807, 2.05) is 12.1 Å². The van der Waals surface area contributed by atoms with Gasteiger partial charge in [0.2, 0.25) is 5.88 Å². The van der Waals surface area contributed by atoms with Crippen LogP contribution < -0.4 is 10.1 Å². The number of nitrogens with one attached hydrogen (secondary N) is 1. The number of hydrogen-bond donors (Lipinski definition) is 1. The van der Waals surface area contributed by atoms with Crippen molar-refractivity contribution >= 4 is 0 Å². The predicted octanol–water partition coefficient (Wildman–Crippen LogP) is 1.98. The summed E-state index contributed by atoms with van der Waals surface area (Å²) in [4.78, 5) is 4.14. The van der Waals surface area contributed by atoms with E-state index in [2.05, 4.69) is 24.1 Å². The van der Waals surface area contributed by atoms with Crippen molar-refractivity contribution in [2.45, 2.75) is 32.9 Å². The zero-order valence-electron chi connectivity index (χ0n) is 9.08. The molecule has 1 aromatic heterocycles. The maximum atomic E-state index is 5.16. The van der Waals surface area contributed by atoms with Crippen LogP contribution in [0.25, 0.3) is 0 Å². The van der Waals surface area contributed by atoms with Crippen LogP contribution in [0.15, 0.2) is 18.3 Å². The third-order valence-electron chi connectivity index (χ3n) is 2.30. The number of pyridine rings is 1. The van der Waals surface area contributed by atoms with Crippen molar-refractivity contribution in [3.05, 3.63) is 23.9 Å². The fourth-order valence-electron chi connectivity index (χ4n) is 1.17. The van der Waals surface area contributed by atoms with Gasteiger partial charge in [-0.05, 0) is 19.4 Å². The summed E-state index contributed by atoms with van der Waals surface area (Å²) in [7, 11) is 1.65. The molecule has 78 valence electrons. The Morgan fingerprint density at radius 3 is 3.00 bits per heavy atom. The summed E-state index contributed by atoms with van der Waals surface area (Å²) in [6.07, 6.45) is 2.87. The van der Waals surface area contributed by atoms with Gasteiger partial charge in [0.15, 0.2) is 0 Å². The molecular weight excluding hydrogens is 176 g/mol. The lowest BCUT2D eigenvalue weighted by Crippen LogP contribution is -2.24. The molecule has 1 atom stereocenters. The van der Waals surface area contributed by atoms with Gasteiger partial charge in [0.25, 0.3) is 0 Å². The molecule has 0 bridgehead atoms. The van der Waals surface area contributed by atoms with Crippen LogP contribution in [0.4, 0.5) is 0 Å². The average Bonchev–Trinajstić information content (AvgIpc) is 2.26. The third kappa shape index (κ3) is 3.00. The van der Waals surface area contributed by atoms with E-state index in [0.29, 0.717) is 11.9 Å². The standard InChI is InChI=1S/C11H18N2O/c1-4-9(2)13-8-10-6-5-7-12-11(10)14-3/h5-7,9,13H,4,8H2,1-3H3. The predicted molar refractivity (Wildman–Crippen MR) is 57.4 cm³/mol. The molecule has 0 aliphatic carbocycles. The lowest BCUT2D eigenvalue weighted by molar-refractivity contribution is 0.388. The van der Waals surface area contributed by atoms with Crippen molar-refractivity contribution in [1.82, 2.24) is 10.3 Å². The van der Waals surface area contributed by atoms with Gasteiger partial charge in [-0.1, -0.05) is 13.0 Å². The first-order chi connectivity index (χ1) is 6.77. The third-order valence-corrected chi connectivity index (χ3v) is 2.30. The van der Waals surface area contributed by atoms with Crippen LogP contribution in [-0.4, -0.2) is 18.1 Å². The van der Waals surface area contributed by atoms with Gasteiger partial charge < -0.3 is 10.1 Å². The summed E-state index contributed by atoms with van der Waals surface area (Å²) < 4.78 is 5.16. The SMILES string of the molecule is CCC(C)NCc1cccnc1OC. The van der Waals surface area contributed by atoms with E-state index < -0.39 is 0 Å². The van der Waals surface area contributed by atoms with Crippen molar-refractivity contribution in [2.75, 3.05) is 7.11 Å². The second-order valence-corrected chi connectivity index (χ2v) is 3.36. The molecule has 3 heteroatoms. The molecule has 1 heterocycles. The van der Waals surface area contributed by atoms with E-state index in [0.717, 1.165) is 18.5 Å². The highest BCUT2D eigenvalue weighted by molar-refractivity contribution is 5.24.